The van der Waals surface area contributed by atoms with Crippen molar-refractivity contribution in [2.24, 2.45) is 5.92 Å². The number of benzene rings is 1. The molecule has 1 aromatic rings. The molecule has 4 heteroatoms. The predicted molar refractivity (Wildman–Crippen MR) is 64.4 cm³/mol. The highest BCUT2D eigenvalue weighted by molar-refractivity contribution is 5.25. The summed E-state index contributed by atoms with van der Waals surface area (Å²) in [6.07, 6.45) is 4.81. The van der Waals surface area contributed by atoms with E-state index in [1.807, 2.05) is 0 Å². The van der Waals surface area contributed by atoms with Gasteiger partial charge in [0.15, 0.2) is 11.6 Å². The third-order valence-corrected chi connectivity index (χ3v) is 3.52. The monoisotopic (exact) mass is 256 g/mol. The van der Waals surface area contributed by atoms with Gasteiger partial charge in [0.2, 0.25) is 5.82 Å². The first kappa shape index (κ1) is 13.3. The number of ether oxygens (including phenoxy) is 1. The van der Waals surface area contributed by atoms with Crippen LogP contribution >= 0.6 is 0 Å². The maximum Gasteiger partial charge on any atom is 0.200 e. The molecule has 0 saturated heterocycles. The quantitative estimate of drug-likeness (QED) is 0.895. The van der Waals surface area contributed by atoms with Gasteiger partial charge in [-0.15, -0.1) is 0 Å². The first-order chi connectivity index (χ1) is 8.68. The molecule has 1 atom stereocenters. The molecule has 2 nitrogen and oxygen atoms in total. The van der Waals surface area contributed by atoms with E-state index in [0.717, 1.165) is 31.7 Å². The Labute approximate surface area is 106 Å². The van der Waals surface area contributed by atoms with Crippen LogP contribution in [-0.4, -0.2) is 17.8 Å². The molecule has 0 bridgehead atoms. The average molecular weight is 256 g/mol. The Morgan fingerprint density at radius 2 is 1.94 bits per heavy atom. The second-order valence-corrected chi connectivity index (χ2v) is 4.83. The summed E-state index contributed by atoms with van der Waals surface area (Å²) >= 11 is 0. The minimum absolute atomic E-state index is 0.0189. The second-order valence-electron chi connectivity index (χ2n) is 4.83. The van der Waals surface area contributed by atoms with Crippen LogP contribution in [0.15, 0.2) is 18.2 Å². The highest BCUT2D eigenvalue weighted by Gasteiger charge is 2.22. The van der Waals surface area contributed by atoms with Crippen LogP contribution in [0.1, 0.15) is 32.1 Å². The molecule has 18 heavy (non-hydrogen) atoms. The lowest BCUT2D eigenvalue weighted by Crippen LogP contribution is -2.29. The Bertz CT molecular complexity index is 389. The number of hydrogen-bond donors (Lipinski definition) is 1. The van der Waals surface area contributed by atoms with Crippen LogP contribution in [0.4, 0.5) is 8.78 Å². The molecule has 1 aliphatic rings. The number of aliphatic hydroxyl groups excluding tert-OH is 1. The van der Waals surface area contributed by atoms with Crippen LogP contribution in [0, 0.1) is 17.6 Å². The van der Waals surface area contributed by atoms with Crippen LogP contribution in [-0.2, 0) is 0 Å². The summed E-state index contributed by atoms with van der Waals surface area (Å²) in [6, 6.07) is 3.80. The van der Waals surface area contributed by atoms with Crippen LogP contribution < -0.4 is 4.74 Å². The van der Waals surface area contributed by atoms with Gasteiger partial charge in [-0.3, -0.25) is 0 Å². The van der Waals surface area contributed by atoms with E-state index in [-0.39, 0.29) is 18.3 Å². The lowest BCUT2D eigenvalue weighted by Gasteiger charge is -2.26. The van der Waals surface area contributed by atoms with Crippen molar-refractivity contribution >= 4 is 0 Å². The Balaban J connectivity index is 1.88. The van der Waals surface area contributed by atoms with Gasteiger partial charge in [-0.05, 0) is 30.9 Å². The summed E-state index contributed by atoms with van der Waals surface area (Å²) < 4.78 is 31.4. The molecule has 0 aromatic heterocycles. The Kier molecular flexibility index (Phi) is 4.53. The van der Waals surface area contributed by atoms with E-state index in [1.54, 1.807) is 0 Å². The topological polar surface area (TPSA) is 29.5 Å². The van der Waals surface area contributed by atoms with Crippen molar-refractivity contribution in [3.63, 3.8) is 0 Å². The average Bonchev–Trinajstić information content (AvgIpc) is 2.41. The molecule has 0 aliphatic heterocycles. The standard InChI is InChI=1S/C14H18F2O2/c15-11-7-4-8-13(14(11)16)18-9-12(17)10-5-2-1-3-6-10/h4,7-8,10,12,17H,1-3,5-6,9H2. The van der Waals surface area contributed by atoms with E-state index < -0.39 is 17.7 Å². The molecule has 1 N–H and O–H groups in total. The molecule has 1 aromatic carbocycles. The first-order valence-electron chi connectivity index (χ1n) is 6.43. The fraction of sp³-hybridized carbons (Fsp3) is 0.571. The SMILES string of the molecule is OC(COc1cccc(F)c1F)C1CCCCC1. The number of aliphatic hydroxyl groups is 1. The molecule has 100 valence electrons. The molecular weight excluding hydrogens is 238 g/mol. The highest BCUT2D eigenvalue weighted by Crippen LogP contribution is 2.27. The van der Waals surface area contributed by atoms with Gasteiger partial charge >= 0.3 is 0 Å². The van der Waals surface area contributed by atoms with Gasteiger partial charge in [-0.1, -0.05) is 25.3 Å². The molecule has 1 aliphatic carbocycles. The van der Waals surface area contributed by atoms with Crippen molar-refractivity contribution in [3.05, 3.63) is 29.8 Å². The van der Waals surface area contributed by atoms with Crippen LogP contribution in [0.2, 0.25) is 0 Å². The second kappa shape index (κ2) is 6.14. The summed E-state index contributed by atoms with van der Waals surface area (Å²) in [4.78, 5) is 0. The molecule has 1 fully saturated rings. The number of halogens is 2. The summed E-state index contributed by atoms with van der Waals surface area (Å²) in [5.41, 5.74) is 0. The lowest BCUT2D eigenvalue weighted by molar-refractivity contribution is 0.0399. The first-order valence-corrected chi connectivity index (χ1v) is 6.43. The van der Waals surface area contributed by atoms with E-state index in [1.165, 1.54) is 18.6 Å². The fourth-order valence-electron chi connectivity index (χ4n) is 2.43. The Morgan fingerprint density at radius 1 is 1.22 bits per heavy atom. The number of hydrogen-bond acceptors (Lipinski definition) is 2. The van der Waals surface area contributed by atoms with Crippen molar-refractivity contribution in [3.8, 4) is 5.75 Å². The van der Waals surface area contributed by atoms with Crippen molar-refractivity contribution in [1.29, 1.82) is 0 Å². The zero-order chi connectivity index (χ0) is 13.0. The summed E-state index contributed by atoms with van der Waals surface area (Å²) in [6.45, 7) is 0.0189. The van der Waals surface area contributed by atoms with E-state index in [0.29, 0.717) is 0 Å². The summed E-state index contributed by atoms with van der Waals surface area (Å²) in [5.74, 6) is -1.84. The molecule has 1 saturated carbocycles. The molecule has 1 unspecified atom stereocenters. The summed E-state index contributed by atoms with van der Waals surface area (Å²) in [5, 5.41) is 9.95. The number of rotatable bonds is 4. The molecule has 0 radical (unpaired) electrons. The van der Waals surface area contributed by atoms with Gasteiger partial charge < -0.3 is 9.84 Å². The van der Waals surface area contributed by atoms with Crippen molar-refractivity contribution in [2.45, 2.75) is 38.2 Å². The molecular formula is C14H18F2O2. The maximum atomic E-state index is 13.3. The van der Waals surface area contributed by atoms with Crippen molar-refractivity contribution < 1.29 is 18.6 Å². The van der Waals surface area contributed by atoms with Crippen LogP contribution in [0.5, 0.6) is 5.75 Å². The largest absolute Gasteiger partial charge is 0.488 e. The van der Waals surface area contributed by atoms with Gasteiger partial charge in [0.25, 0.3) is 0 Å². The third kappa shape index (κ3) is 3.19. The Morgan fingerprint density at radius 3 is 2.67 bits per heavy atom. The van der Waals surface area contributed by atoms with Gasteiger partial charge in [-0.2, -0.15) is 4.39 Å². The van der Waals surface area contributed by atoms with E-state index in [2.05, 4.69) is 0 Å². The van der Waals surface area contributed by atoms with E-state index in [9.17, 15) is 13.9 Å². The van der Waals surface area contributed by atoms with Gasteiger partial charge in [0.05, 0.1) is 6.10 Å². The minimum Gasteiger partial charge on any atom is -0.488 e. The summed E-state index contributed by atoms with van der Waals surface area (Å²) in [7, 11) is 0. The molecule has 2 rings (SSSR count). The smallest absolute Gasteiger partial charge is 0.200 e. The normalized spacial score (nSPS) is 18.6. The zero-order valence-electron chi connectivity index (χ0n) is 10.2. The molecule has 0 amide bonds. The van der Waals surface area contributed by atoms with Crippen molar-refractivity contribution in [1.82, 2.24) is 0 Å². The maximum absolute atomic E-state index is 13.3. The fourth-order valence-corrected chi connectivity index (χ4v) is 2.43. The predicted octanol–water partition coefficient (Wildman–Crippen LogP) is 3.28. The lowest BCUT2D eigenvalue weighted by atomic mass is 9.85. The van der Waals surface area contributed by atoms with Crippen LogP contribution in [0.3, 0.4) is 0 Å². The van der Waals surface area contributed by atoms with Crippen LogP contribution in [0.25, 0.3) is 0 Å². The van der Waals surface area contributed by atoms with Crippen molar-refractivity contribution in [2.75, 3.05) is 6.61 Å². The van der Waals surface area contributed by atoms with E-state index in [4.69, 9.17) is 4.74 Å². The Hall–Kier alpha value is -1.16. The molecule has 0 heterocycles. The van der Waals surface area contributed by atoms with Gasteiger partial charge in [-0.25, -0.2) is 4.39 Å². The third-order valence-electron chi connectivity index (χ3n) is 3.52. The van der Waals surface area contributed by atoms with E-state index >= 15 is 0 Å². The molecule has 0 spiro atoms. The highest BCUT2D eigenvalue weighted by atomic mass is 19.2. The minimum atomic E-state index is -0.992. The van der Waals surface area contributed by atoms with Gasteiger partial charge in [0.1, 0.15) is 6.61 Å². The zero-order valence-corrected chi connectivity index (χ0v) is 10.2. The van der Waals surface area contributed by atoms with Gasteiger partial charge in [0, 0.05) is 0 Å².